The van der Waals surface area contributed by atoms with E-state index in [1.54, 1.807) is 11.3 Å². The van der Waals surface area contributed by atoms with Crippen molar-refractivity contribution in [2.75, 3.05) is 0 Å². The molecule has 8 rings (SSSR count). The van der Waals surface area contributed by atoms with Gasteiger partial charge in [0, 0.05) is 26.6 Å². The minimum Gasteiger partial charge on any atom is -0.455 e. The number of furan rings is 1. The summed E-state index contributed by atoms with van der Waals surface area (Å²) in [6, 6.07) is 41.5. The molecular weight excluding hydrogens is 456 g/mol. The average Bonchev–Trinajstić information content (AvgIpc) is 3.54. The summed E-state index contributed by atoms with van der Waals surface area (Å²) in [6.07, 6.45) is 0. The topological polar surface area (TPSA) is 13.1 Å². The molecule has 0 amide bonds. The predicted octanol–water partition coefficient (Wildman–Crippen LogP) is 10.4. The molecule has 0 N–H and O–H groups in total. The van der Waals surface area contributed by atoms with Gasteiger partial charge in [0.2, 0.25) is 0 Å². The van der Waals surface area contributed by atoms with Crippen LogP contribution in [0.1, 0.15) is 0 Å². The van der Waals surface area contributed by atoms with Crippen molar-refractivity contribution in [1.82, 2.24) is 0 Å². The zero-order valence-corrected chi connectivity index (χ0v) is 20.2. The molecule has 2 heterocycles. The maximum atomic E-state index is 6.63. The molecule has 1 nitrogen and oxygen atoms in total. The minimum absolute atomic E-state index is 0.946. The maximum Gasteiger partial charge on any atom is 0.143 e. The van der Waals surface area contributed by atoms with Gasteiger partial charge in [-0.05, 0) is 61.6 Å². The van der Waals surface area contributed by atoms with E-state index in [2.05, 4.69) is 121 Å². The van der Waals surface area contributed by atoms with Gasteiger partial charge in [-0.25, -0.2) is 0 Å². The Balaban J connectivity index is 1.54. The van der Waals surface area contributed by atoms with Gasteiger partial charge >= 0.3 is 0 Å². The van der Waals surface area contributed by atoms with E-state index in [9.17, 15) is 0 Å². The summed E-state index contributed by atoms with van der Waals surface area (Å²) in [5, 5.41) is 10.7. The van der Waals surface area contributed by atoms with Gasteiger partial charge in [0.15, 0.2) is 0 Å². The molecule has 0 atom stereocenters. The average molecular weight is 477 g/mol. The first-order valence-corrected chi connectivity index (χ1v) is 13.1. The van der Waals surface area contributed by atoms with Crippen LogP contribution in [0, 0.1) is 0 Å². The fraction of sp³-hybridized carbons (Fsp3) is 0. The lowest BCUT2D eigenvalue weighted by Crippen LogP contribution is -1.90. The van der Waals surface area contributed by atoms with Gasteiger partial charge in [0.05, 0.1) is 0 Å². The molecule has 0 bridgehead atoms. The van der Waals surface area contributed by atoms with Crippen LogP contribution in [-0.2, 0) is 0 Å². The molecule has 8 aromatic rings. The quantitative estimate of drug-likeness (QED) is 0.226. The van der Waals surface area contributed by atoms with Crippen LogP contribution < -0.4 is 0 Å². The number of hydrogen-bond donors (Lipinski definition) is 0. The Hall–Kier alpha value is -4.40. The Labute approximate surface area is 211 Å². The van der Waals surface area contributed by atoms with Crippen LogP contribution in [0.4, 0.5) is 0 Å². The highest BCUT2D eigenvalue weighted by Crippen LogP contribution is 2.46. The van der Waals surface area contributed by atoms with E-state index in [1.165, 1.54) is 53.7 Å². The number of hydrogen-bond acceptors (Lipinski definition) is 2. The predicted molar refractivity (Wildman–Crippen MR) is 155 cm³/mol. The zero-order valence-electron chi connectivity index (χ0n) is 19.4. The van der Waals surface area contributed by atoms with Gasteiger partial charge < -0.3 is 4.42 Å². The first kappa shape index (κ1) is 19.9. The fourth-order valence-electron chi connectivity index (χ4n) is 5.79. The normalized spacial score (nSPS) is 11.9. The van der Waals surface area contributed by atoms with Crippen LogP contribution in [0.2, 0.25) is 0 Å². The summed E-state index contributed by atoms with van der Waals surface area (Å²) in [6.45, 7) is 0. The van der Waals surface area contributed by atoms with E-state index in [-0.39, 0.29) is 0 Å². The molecule has 0 radical (unpaired) electrons. The van der Waals surface area contributed by atoms with Gasteiger partial charge in [-0.3, -0.25) is 0 Å². The number of thiophene rings is 1. The van der Waals surface area contributed by atoms with Crippen LogP contribution in [0.15, 0.2) is 125 Å². The van der Waals surface area contributed by atoms with E-state index in [1.807, 2.05) is 0 Å². The first-order valence-electron chi connectivity index (χ1n) is 12.2. The van der Waals surface area contributed by atoms with E-state index < -0.39 is 0 Å². The van der Waals surface area contributed by atoms with Crippen molar-refractivity contribution >= 4 is 64.9 Å². The summed E-state index contributed by atoms with van der Waals surface area (Å²) in [5.41, 5.74) is 6.78. The molecule has 36 heavy (non-hydrogen) atoms. The molecule has 2 aromatic heterocycles. The van der Waals surface area contributed by atoms with E-state index in [4.69, 9.17) is 4.42 Å². The Bertz CT molecular complexity index is 2040. The molecule has 0 unspecified atom stereocenters. The molecule has 0 saturated heterocycles. The number of benzene rings is 6. The highest BCUT2D eigenvalue weighted by atomic mass is 32.1. The summed E-state index contributed by atoms with van der Waals surface area (Å²) in [7, 11) is 0. The molecule has 168 valence electrons. The largest absolute Gasteiger partial charge is 0.455 e. The lowest BCUT2D eigenvalue weighted by Gasteiger charge is -2.17. The van der Waals surface area contributed by atoms with Crippen LogP contribution in [0.25, 0.3) is 75.8 Å². The Kier molecular flexibility index (Phi) is 4.16. The second-order valence-electron chi connectivity index (χ2n) is 9.30. The Morgan fingerprint density at radius 3 is 1.86 bits per heavy atom. The number of rotatable bonds is 2. The third-order valence-electron chi connectivity index (χ3n) is 7.34. The van der Waals surface area contributed by atoms with Crippen molar-refractivity contribution in [3.8, 4) is 22.3 Å². The number of fused-ring (bicyclic) bond motifs is 6. The Morgan fingerprint density at radius 1 is 0.500 bits per heavy atom. The van der Waals surface area contributed by atoms with Crippen LogP contribution in [-0.4, -0.2) is 0 Å². The summed E-state index contributed by atoms with van der Waals surface area (Å²) < 4.78 is 7.89. The molecule has 0 spiro atoms. The van der Waals surface area contributed by atoms with Crippen molar-refractivity contribution < 1.29 is 4.42 Å². The van der Waals surface area contributed by atoms with Crippen molar-refractivity contribution in [3.63, 3.8) is 0 Å². The SMILES string of the molecule is c1ccc(-c2c3ccccc3c(-c3cccc4c3oc3cc5sccc5cc34)c3ccccc23)cc1. The van der Waals surface area contributed by atoms with Gasteiger partial charge in [0.1, 0.15) is 11.2 Å². The molecule has 2 heteroatoms. The lowest BCUT2D eigenvalue weighted by atomic mass is 9.85. The highest BCUT2D eigenvalue weighted by Gasteiger charge is 2.20. The summed E-state index contributed by atoms with van der Waals surface area (Å²) in [5.74, 6) is 0. The fourth-order valence-corrected chi connectivity index (χ4v) is 6.59. The second-order valence-corrected chi connectivity index (χ2v) is 10.2. The van der Waals surface area contributed by atoms with Crippen molar-refractivity contribution in [2.45, 2.75) is 0 Å². The monoisotopic (exact) mass is 476 g/mol. The van der Waals surface area contributed by atoms with Gasteiger partial charge in [-0.15, -0.1) is 11.3 Å². The van der Waals surface area contributed by atoms with E-state index in [0.717, 1.165) is 22.1 Å². The smallest absolute Gasteiger partial charge is 0.143 e. The molecule has 0 saturated carbocycles. The summed E-state index contributed by atoms with van der Waals surface area (Å²) in [4.78, 5) is 0. The van der Waals surface area contributed by atoms with Crippen molar-refractivity contribution in [2.24, 2.45) is 0 Å². The van der Waals surface area contributed by atoms with Gasteiger partial charge in [0.25, 0.3) is 0 Å². The van der Waals surface area contributed by atoms with E-state index in [0.29, 0.717) is 0 Å². The lowest BCUT2D eigenvalue weighted by molar-refractivity contribution is 0.670. The molecule has 0 aliphatic heterocycles. The number of para-hydroxylation sites is 1. The van der Waals surface area contributed by atoms with E-state index >= 15 is 0 Å². The molecule has 0 aliphatic carbocycles. The van der Waals surface area contributed by atoms with Crippen LogP contribution in [0.5, 0.6) is 0 Å². The molecular formula is C34H20OS. The van der Waals surface area contributed by atoms with Crippen LogP contribution in [0.3, 0.4) is 0 Å². The van der Waals surface area contributed by atoms with Gasteiger partial charge in [-0.1, -0.05) is 97.1 Å². The van der Waals surface area contributed by atoms with Crippen molar-refractivity contribution in [3.05, 3.63) is 121 Å². The standard InChI is InChI=1S/C34H20OS/c1-2-9-21(10-3-1)32-23-11-4-6-13-25(23)33(26-14-7-5-12-24(26)32)28-16-8-15-27-29-19-22-17-18-36-31(22)20-30(29)35-34(27)28/h1-20H. The summed E-state index contributed by atoms with van der Waals surface area (Å²) >= 11 is 1.76. The maximum absolute atomic E-state index is 6.63. The van der Waals surface area contributed by atoms with Crippen LogP contribution >= 0.6 is 11.3 Å². The first-order chi connectivity index (χ1) is 17.9. The molecule has 0 fully saturated rings. The zero-order chi connectivity index (χ0) is 23.6. The molecule has 0 aliphatic rings. The highest BCUT2D eigenvalue weighted by molar-refractivity contribution is 7.17. The third-order valence-corrected chi connectivity index (χ3v) is 8.21. The van der Waals surface area contributed by atoms with Gasteiger partial charge in [-0.2, -0.15) is 0 Å². The second kappa shape index (κ2) is 7.55. The Morgan fingerprint density at radius 2 is 1.14 bits per heavy atom. The third kappa shape index (κ3) is 2.76. The molecule has 6 aromatic carbocycles. The van der Waals surface area contributed by atoms with Crippen molar-refractivity contribution in [1.29, 1.82) is 0 Å². The minimum atomic E-state index is 0.946.